The van der Waals surface area contributed by atoms with Gasteiger partial charge in [0.05, 0.1) is 46.4 Å². The predicted molar refractivity (Wildman–Crippen MR) is 474 cm³/mol. The van der Waals surface area contributed by atoms with Gasteiger partial charge >= 0.3 is 0 Å². The van der Waals surface area contributed by atoms with Gasteiger partial charge < -0.3 is 35.1 Å². The Labute approximate surface area is 726 Å². The zero-order valence-electron chi connectivity index (χ0n) is 67.7. The molecule has 626 valence electrons. The van der Waals surface area contributed by atoms with Gasteiger partial charge in [0.25, 0.3) is 17.7 Å². The van der Waals surface area contributed by atoms with E-state index in [2.05, 4.69) is 105 Å². The minimum absolute atomic E-state index is 0.0907. The van der Waals surface area contributed by atoms with Crippen molar-refractivity contribution in [3.05, 3.63) is 311 Å². The van der Waals surface area contributed by atoms with Gasteiger partial charge in [-0.2, -0.15) is 0 Å². The van der Waals surface area contributed by atoms with Crippen LogP contribution in [0.4, 0.5) is 17.6 Å². The number of imidazole rings is 4. The first-order chi connectivity index (χ1) is 60.2. The first kappa shape index (κ1) is 84.2. The van der Waals surface area contributed by atoms with E-state index in [0.717, 1.165) is 128 Å². The van der Waals surface area contributed by atoms with E-state index >= 15 is 0 Å². The van der Waals surface area contributed by atoms with E-state index in [1.54, 1.807) is 94.8 Å². The monoisotopic (exact) mass is 1720 g/mol. The SMILES string of the molecule is CN1CCC(NC(=O)c2cnc3ccc(-c4cccnc4-c4cc(Cl)c(F)cc4F)cn23)CC1.CN1CCC(NC(=O)c2cnc3ccc(-c4cccnc4-c4cc(Cl)ccc4F)cn23)CC1.Cc1cccc(-c2ncccc2-c2ccc3ncc(C(=O)NCCCN4CCCC4=O)n3c2)c1.Fc1ccc(Cl)cc1-c1ncccc1-c1ccc2nccn2c1. The van der Waals surface area contributed by atoms with Gasteiger partial charge in [0.2, 0.25) is 5.91 Å². The van der Waals surface area contributed by atoms with Crippen molar-refractivity contribution in [3.63, 3.8) is 0 Å². The molecule has 16 aromatic rings. The smallest absolute Gasteiger partial charge is 0.270 e. The molecule has 3 fully saturated rings. The van der Waals surface area contributed by atoms with Crippen molar-refractivity contribution in [1.29, 1.82) is 0 Å². The lowest BCUT2D eigenvalue weighted by atomic mass is 9.99. The standard InChI is InChI=1S/C27H27N5O2.C25H22ClF2N5O.C25H23ClFN5O.C18H11ClFN3/c1-19-6-2-7-20(16-19)26-22(8-3-12-28-26)21-10-11-24-30-17-23(32(24)18-21)27(34)29-13-5-15-31-14-4-9-25(31)33;1-32-9-6-16(7-10-32)31-25(34)22-13-30-23-5-4-15(14-33(22)23)17-3-2-8-29-24(17)18-11-19(26)21(28)12-20(18)27;1-31-11-8-18(9-12-31)30-25(33)22-14-29-23-7-4-16(15-32(22)23)19-3-2-10-28-24(19)20-13-17(26)5-6-21(20)27;19-13-4-5-16(20)15(10-13)18-14(2-1-7-22-18)12-3-6-17-21-8-9-23(17)11-12/h2-3,6-8,10-12,16-18H,4-5,9,13-15H2,1H3,(H,29,34);2-5,8,11-14,16H,6-7,9-10H2,1H3,(H,31,34);2-7,10,13-15,18H,8-9,11-12H2,1H3,(H,30,33);1-11H. The topological polar surface area (TPSA) is 235 Å². The molecule has 0 unspecified atom stereocenters. The highest BCUT2D eigenvalue weighted by atomic mass is 35.5. The summed E-state index contributed by atoms with van der Waals surface area (Å²) >= 11 is 18.1. The number of hydrogen-bond acceptors (Lipinski definition) is 14. The van der Waals surface area contributed by atoms with Gasteiger partial charge in [-0.05, 0) is 207 Å². The molecule has 29 heteroatoms. The molecule has 0 saturated carbocycles. The fraction of sp³-hybridized carbons (Fsp3) is 0.200. The molecule has 4 aromatic carbocycles. The van der Waals surface area contributed by atoms with Crippen LogP contribution in [-0.2, 0) is 4.79 Å². The number of nitrogens with zero attached hydrogens (tertiary/aromatic N) is 15. The molecule has 0 radical (unpaired) electrons. The number of aryl methyl sites for hydroxylation is 1. The molecular weight excluding hydrogens is 1640 g/mol. The maximum absolute atomic E-state index is 14.6. The third kappa shape index (κ3) is 19.1. The van der Waals surface area contributed by atoms with Crippen molar-refractivity contribution >= 4 is 81.0 Å². The number of amides is 4. The summed E-state index contributed by atoms with van der Waals surface area (Å²) in [6, 6.07) is 49.5. The molecule has 3 saturated heterocycles. The summed E-state index contributed by atoms with van der Waals surface area (Å²) in [5.41, 5.74) is 16.0. The maximum Gasteiger partial charge on any atom is 0.270 e. The predicted octanol–water partition coefficient (Wildman–Crippen LogP) is 18.5. The zero-order chi connectivity index (χ0) is 86.1. The Balaban J connectivity index is 0.000000123. The molecule has 0 aliphatic carbocycles. The summed E-state index contributed by atoms with van der Waals surface area (Å²) in [5, 5.41) is 9.94. The van der Waals surface area contributed by atoms with Gasteiger partial charge in [-0.1, -0.05) is 82.8 Å². The Morgan fingerprint density at radius 2 is 0.863 bits per heavy atom. The average molecular weight is 1720 g/mol. The summed E-state index contributed by atoms with van der Waals surface area (Å²) in [5.74, 6) is -2.66. The summed E-state index contributed by atoms with van der Waals surface area (Å²) < 4.78 is 64.4. The molecule has 12 aromatic heterocycles. The van der Waals surface area contributed by atoms with Crippen LogP contribution in [0.2, 0.25) is 15.1 Å². The second-order valence-corrected chi connectivity index (χ2v) is 31.9. The van der Waals surface area contributed by atoms with Crippen LogP contribution in [0, 0.1) is 30.2 Å². The Hall–Kier alpha value is -13.4. The third-order valence-electron chi connectivity index (χ3n) is 22.2. The van der Waals surface area contributed by atoms with Crippen LogP contribution in [0.1, 0.15) is 82.0 Å². The molecule has 3 aliphatic heterocycles. The largest absolute Gasteiger partial charge is 0.351 e. The van der Waals surface area contributed by atoms with Crippen LogP contribution < -0.4 is 16.0 Å². The molecular formula is C95H83Cl3F4N18O4. The molecule has 15 heterocycles. The average Bonchev–Trinajstić information content (AvgIpc) is 1.48. The van der Waals surface area contributed by atoms with Crippen molar-refractivity contribution in [2.75, 3.05) is 59.9 Å². The van der Waals surface area contributed by atoms with Gasteiger partial charge in [0, 0.05) is 183 Å². The number of aromatic nitrogens is 12. The van der Waals surface area contributed by atoms with E-state index in [4.69, 9.17) is 34.8 Å². The molecule has 124 heavy (non-hydrogen) atoms. The summed E-state index contributed by atoms with van der Waals surface area (Å²) in [6.07, 6.45) is 28.4. The fourth-order valence-corrected chi connectivity index (χ4v) is 16.1. The molecule has 3 N–H and O–H groups in total. The van der Waals surface area contributed by atoms with Gasteiger partial charge in [0.15, 0.2) is 0 Å². The van der Waals surface area contributed by atoms with Crippen LogP contribution in [-0.4, -0.2) is 168 Å². The van der Waals surface area contributed by atoms with E-state index in [9.17, 15) is 36.7 Å². The summed E-state index contributed by atoms with van der Waals surface area (Å²) in [4.78, 5) is 92.2. The molecule has 0 spiro atoms. The lowest BCUT2D eigenvalue weighted by Gasteiger charge is -2.29. The second kappa shape index (κ2) is 38.0. The number of carbonyl (C=O) groups is 4. The van der Waals surface area contributed by atoms with Crippen molar-refractivity contribution in [2.45, 2.75) is 64.0 Å². The third-order valence-corrected chi connectivity index (χ3v) is 22.9. The highest BCUT2D eigenvalue weighted by Gasteiger charge is 2.27. The maximum atomic E-state index is 14.6. The van der Waals surface area contributed by atoms with Crippen LogP contribution in [0.15, 0.2) is 250 Å². The molecule has 0 bridgehead atoms. The lowest BCUT2D eigenvalue weighted by molar-refractivity contribution is -0.127. The normalized spacial score (nSPS) is 13.9. The number of fused-ring (bicyclic) bond motifs is 4. The second-order valence-electron chi connectivity index (χ2n) is 30.6. The number of carbonyl (C=O) groups excluding carboxylic acids is 4. The number of nitrogens with one attached hydrogen (secondary N) is 3. The van der Waals surface area contributed by atoms with E-state index in [0.29, 0.717) is 103 Å². The number of rotatable bonds is 17. The molecule has 0 atom stereocenters. The van der Waals surface area contributed by atoms with Crippen molar-refractivity contribution in [3.8, 4) is 89.5 Å². The Kier molecular flexibility index (Phi) is 25.8. The van der Waals surface area contributed by atoms with Gasteiger partial charge in [-0.25, -0.2) is 37.5 Å². The van der Waals surface area contributed by atoms with Gasteiger partial charge in [0.1, 0.15) is 62.9 Å². The summed E-state index contributed by atoms with van der Waals surface area (Å²) in [7, 11) is 4.16. The molecule has 22 nitrogen and oxygen atoms in total. The molecule has 4 amide bonds. The fourth-order valence-electron chi connectivity index (χ4n) is 15.6. The van der Waals surface area contributed by atoms with Crippen molar-refractivity contribution < 1.29 is 36.7 Å². The minimum Gasteiger partial charge on any atom is -0.351 e. The number of benzene rings is 4. The number of pyridine rings is 8. The Morgan fingerprint density at radius 1 is 0.419 bits per heavy atom. The van der Waals surface area contributed by atoms with Crippen LogP contribution in [0.25, 0.3) is 112 Å². The summed E-state index contributed by atoms with van der Waals surface area (Å²) in [6.45, 7) is 7.89. The van der Waals surface area contributed by atoms with E-state index in [1.807, 2.05) is 117 Å². The highest BCUT2D eigenvalue weighted by Crippen LogP contribution is 2.39. The Bertz CT molecular complexity index is 6660. The van der Waals surface area contributed by atoms with E-state index in [1.165, 1.54) is 42.1 Å². The van der Waals surface area contributed by atoms with Gasteiger partial charge in [-0.15, -0.1) is 0 Å². The lowest BCUT2D eigenvalue weighted by Crippen LogP contribution is -2.43. The van der Waals surface area contributed by atoms with Crippen LogP contribution in [0.3, 0.4) is 0 Å². The van der Waals surface area contributed by atoms with Crippen molar-refractivity contribution in [2.24, 2.45) is 0 Å². The highest BCUT2D eigenvalue weighted by molar-refractivity contribution is 6.31. The molecule has 19 rings (SSSR count). The van der Waals surface area contributed by atoms with Crippen LogP contribution >= 0.6 is 34.8 Å². The van der Waals surface area contributed by atoms with Crippen molar-refractivity contribution in [1.82, 2.24) is 88.1 Å². The number of hydrogen-bond donors (Lipinski definition) is 3. The van der Waals surface area contributed by atoms with Gasteiger partial charge in [-0.3, -0.25) is 52.3 Å². The zero-order valence-corrected chi connectivity index (χ0v) is 70.0. The minimum atomic E-state index is -0.833. The number of piperidine rings is 2. The van der Waals surface area contributed by atoms with E-state index < -0.39 is 17.5 Å². The number of likely N-dealkylation sites (tertiary alicyclic amines) is 3. The quantitative estimate of drug-likeness (QED) is 0.0437. The number of halogens is 7. The first-order valence-corrected chi connectivity index (χ1v) is 41.7. The van der Waals surface area contributed by atoms with Crippen LogP contribution in [0.5, 0.6) is 0 Å². The first-order valence-electron chi connectivity index (χ1n) is 40.6. The van der Waals surface area contributed by atoms with E-state index in [-0.39, 0.29) is 52.1 Å². The Morgan fingerprint density at radius 3 is 1.33 bits per heavy atom. The molecule has 3 aliphatic rings.